The van der Waals surface area contributed by atoms with Crippen molar-refractivity contribution in [3.8, 4) is 0 Å². The van der Waals surface area contributed by atoms with Crippen LogP contribution in [0.5, 0.6) is 0 Å². The van der Waals surface area contributed by atoms with Crippen molar-refractivity contribution in [2.45, 2.75) is 6.92 Å². The molecule has 0 heterocycles. The summed E-state index contributed by atoms with van der Waals surface area (Å²) in [7, 11) is 0. The van der Waals surface area contributed by atoms with E-state index in [0.29, 0.717) is 6.29 Å². The normalized spacial score (nSPS) is 9.77. The number of hydrogen-bond donors (Lipinski definition) is 0. The number of aldehydes is 1. The lowest BCUT2D eigenvalue weighted by atomic mass is 10.0. The summed E-state index contributed by atoms with van der Waals surface area (Å²) in [6.45, 7) is 1.19. The molecular formula is C9H6ClFO2. The Kier molecular flexibility index (Phi) is 2.78. The highest BCUT2D eigenvalue weighted by Gasteiger charge is 2.13. The predicted octanol–water partition coefficient (Wildman–Crippen LogP) is 2.49. The van der Waals surface area contributed by atoms with Crippen LogP contribution >= 0.6 is 11.6 Å². The van der Waals surface area contributed by atoms with Crippen molar-refractivity contribution in [2.24, 2.45) is 0 Å². The quantitative estimate of drug-likeness (QED) is 0.543. The highest BCUT2D eigenvalue weighted by Crippen LogP contribution is 2.19. The summed E-state index contributed by atoms with van der Waals surface area (Å²) in [6.07, 6.45) is 0.408. The zero-order valence-corrected chi connectivity index (χ0v) is 7.56. The zero-order valence-electron chi connectivity index (χ0n) is 6.80. The number of rotatable bonds is 2. The van der Waals surface area contributed by atoms with E-state index in [2.05, 4.69) is 0 Å². The van der Waals surface area contributed by atoms with Gasteiger partial charge in [-0.25, -0.2) is 4.39 Å². The number of carbonyl (C=O) groups is 2. The largest absolute Gasteiger partial charge is 0.298 e. The Labute approximate surface area is 79.3 Å². The van der Waals surface area contributed by atoms with Crippen LogP contribution in [0, 0.1) is 5.82 Å². The van der Waals surface area contributed by atoms with Crippen molar-refractivity contribution in [3.63, 3.8) is 0 Å². The molecule has 0 saturated carbocycles. The molecule has 0 aromatic heterocycles. The van der Waals surface area contributed by atoms with E-state index in [4.69, 9.17) is 11.6 Å². The Morgan fingerprint density at radius 2 is 2.15 bits per heavy atom. The van der Waals surface area contributed by atoms with Gasteiger partial charge in [-0.1, -0.05) is 11.6 Å². The van der Waals surface area contributed by atoms with E-state index in [1.165, 1.54) is 13.0 Å². The second kappa shape index (κ2) is 3.66. The van der Waals surface area contributed by atoms with Gasteiger partial charge in [0, 0.05) is 10.6 Å². The number of benzene rings is 1. The first-order valence-electron chi connectivity index (χ1n) is 3.51. The van der Waals surface area contributed by atoms with Gasteiger partial charge in [-0.2, -0.15) is 0 Å². The van der Waals surface area contributed by atoms with E-state index in [1.54, 1.807) is 0 Å². The van der Waals surface area contributed by atoms with Crippen LogP contribution in [0.2, 0.25) is 5.02 Å². The molecule has 1 aromatic carbocycles. The molecule has 2 nitrogen and oxygen atoms in total. The highest BCUT2D eigenvalue weighted by atomic mass is 35.5. The Morgan fingerprint density at radius 3 is 2.62 bits per heavy atom. The number of carbonyl (C=O) groups excluding carboxylic acids is 2. The van der Waals surface area contributed by atoms with Crippen molar-refractivity contribution < 1.29 is 14.0 Å². The number of halogens is 2. The van der Waals surface area contributed by atoms with E-state index < -0.39 is 11.6 Å². The van der Waals surface area contributed by atoms with Gasteiger partial charge in [-0.15, -0.1) is 0 Å². The van der Waals surface area contributed by atoms with Crippen molar-refractivity contribution in [3.05, 3.63) is 34.1 Å². The second-order valence-corrected chi connectivity index (χ2v) is 2.96. The fraction of sp³-hybridized carbons (Fsp3) is 0.111. The average molecular weight is 201 g/mol. The first-order valence-corrected chi connectivity index (χ1v) is 3.89. The number of hydrogen-bond acceptors (Lipinski definition) is 2. The molecule has 0 fully saturated rings. The maximum absolute atomic E-state index is 13.1. The van der Waals surface area contributed by atoms with Crippen LogP contribution in [-0.4, -0.2) is 12.1 Å². The summed E-state index contributed by atoms with van der Waals surface area (Å²) < 4.78 is 13.1. The van der Waals surface area contributed by atoms with E-state index in [1.807, 2.05) is 0 Å². The lowest BCUT2D eigenvalue weighted by Gasteiger charge is -2.02. The summed E-state index contributed by atoms with van der Waals surface area (Å²) >= 11 is 5.50. The monoisotopic (exact) mass is 200 g/mol. The van der Waals surface area contributed by atoms with Gasteiger partial charge >= 0.3 is 0 Å². The smallest absolute Gasteiger partial charge is 0.163 e. The molecule has 0 atom stereocenters. The predicted molar refractivity (Wildman–Crippen MR) is 46.8 cm³/mol. The minimum Gasteiger partial charge on any atom is -0.298 e. The van der Waals surface area contributed by atoms with Crippen LogP contribution in [0.4, 0.5) is 4.39 Å². The first-order chi connectivity index (χ1) is 6.06. The fourth-order valence-corrected chi connectivity index (χ4v) is 1.27. The van der Waals surface area contributed by atoms with E-state index in [-0.39, 0.29) is 16.1 Å². The van der Waals surface area contributed by atoms with Crippen LogP contribution in [-0.2, 0) is 0 Å². The lowest BCUT2D eigenvalue weighted by molar-refractivity contribution is 0.100. The molecule has 0 radical (unpaired) electrons. The molecule has 0 amide bonds. The molecule has 0 aliphatic heterocycles. The van der Waals surface area contributed by atoms with Gasteiger partial charge in [0.05, 0.1) is 5.56 Å². The Morgan fingerprint density at radius 1 is 1.54 bits per heavy atom. The fourth-order valence-electron chi connectivity index (χ4n) is 1.06. The number of Topliss-reactive ketones (excluding diaryl/α,β-unsaturated/α-hetero) is 1. The molecule has 0 spiro atoms. The van der Waals surface area contributed by atoms with E-state index >= 15 is 0 Å². The van der Waals surface area contributed by atoms with Crippen LogP contribution in [0.25, 0.3) is 0 Å². The van der Waals surface area contributed by atoms with Gasteiger partial charge in [0.1, 0.15) is 5.82 Å². The molecular weight excluding hydrogens is 195 g/mol. The number of ketones is 1. The Hall–Kier alpha value is -1.22. The maximum Gasteiger partial charge on any atom is 0.163 e. The van der Waals surface area contributed by atoms with Gasteiger partial charge in [-0.3, -0.25) is 9.59 Å². The van der Waals surface area contributed by atoms with Crippen molar-refractivity contribution in [2.75, 3.05) is 0 Å². The molecule has 0 unspecified atom stereocenters. The van der Waals surface area contributed by atoms with Gasteiger partial charge in [-0.05, 0) is 19.1 Å². The van der Waals surface area contributed by atoms with E-state index in [9.17, 15) is 14.0 Å². The van der Waals surface area contributed by atoms with Crippen LogP contribution in [0.3, 0.4) is 0 Å². The second-order valence-electron chi connectivity index (χ2n) is 2.53. The molecule has 0 N–H and O–H groups in total. The van der Waals surface area contributed by atoms with Crippen LogP contribution < -0.4 is 0 Å². The minimum absolute atomic E-state index is 0.0162. The summed E-state index contributed by atoms with van der Waals surface area (Å²) in [5, 5.41) is 0.101. The first kappa shape index (κ1) is 9.86. The molecule has 13 heavy (non-hydrogen) atoms. The van der Waals surface area contributed by atoms with Gasteiger partial charge in [0.15, 0.2) is 12.1 Å². The van der Waals surface area contributed by atoms with E-state index in [0.717, 1.165) is 6.07 Å². The average Bonchev–Trinajstić information content (AvgIpc) is 2.01. The SMILES string of the molecule is CC(=O)c1c(F)cc(Cl)cc1C=O. The van der Waals surface area contributed by atoms with Gasteiger partial charge in [0.2, 0.25) is 0 Å². The highest BCUT2D eigenvalue weighted by molar-refractivity contribution is 6.31. The molecule has 1 rings (SSSR count). The zero-order chi connectivity index (χ0) is 10.0. The third kappa shape index (κ3) is 1.92. The minimum atomic E-state index is -0.762. The van der Waals surface area contributed by atoms with Gasteiger partial charge < -0.3 is 0 Å². The molecule has 0 aliphatic rings. The topological polar surface area (TPSA) is 34.1 Å². The summed E-state index contributed by atoms with van der Waals surface area (Å²) in [4.78, 5) is 21.4. The Bertz CT molecular complexity index is 374. The standard InChI is InChI=1S/C9H6ClFO2/c1-5(13)9-6(4-12)2-7(10)3-8(9)11/h2-4H,1H3. The summed E-state index contributed by atoms with van der Waals surface area (Å²) in [6, 6.07) is 2.26. The molecule has 0 aliphatic carbocycles. The summed E-state index contributed by atoms with van der Waals surface area (Å²) in [5.41, 5.74) is -0.225. The molecule has 4 heteroatoms. The molecule has 0 bridgehead atoms. The molecule has 68 valence electrons. The molecule has 1 aromatic rings. The van der Waals surface area contributed by atoms with Crippen molar-refractivity contribution in [1.82, 2.24) is 0 Å². The van der Waals surface area contributed by atoms with Crippen molar-refractivity contribution in [1.29, 1.82) is 0 Å². The third-order valence-corrected chi connectivity index (χ3v) is 1.78. The van der Waals surface area contributed by atoms with Crippen LogP contribution in [0.1, 0.15) is 27.6 Å². The van der Waals surface area contributed by atoms with Gasteiger partial charge in [0.25, 0.3) is 0 Å². The Balaban J connectivity index is 3.47. The third-order valence-electron chi connectivity index (χ3n) is 1.56. The maximum atomic E-state index is 13.1. The molecule has 0 saturated heterocycles. The lowest BCUT2D eigenvalue weighted by Crippen LogP contribution is -2.02. The summed E-state index contributed by atoms with van der Waals surface area (Å²) in [5.74, 6) is -1.25. The van der Waals surface area contributed by atoms with Crippen LogP contribution in [0.15, 0.2) is 12.1 Å². The van der Waals surface area contributed by atoms with Crippen molar-refractivity contribution >= 4 is 23.7 Å².